The number of hydrogen-bond acceptors (Lipinski definition) is 27. The van der Waals surface area contributed by atoms with Crippen LogP contribution in [0.2, 0.25) is 92.1 Å². The third kappa shape index (κ3) is 22.3. The van der Waals surface area contributed by atoms with Crippen molar-refractivity contribution in [2.75, 3.05) is 72.0 Å². The summed E-state index contributed by atoms with van der Waals surface area (Å²) in [7, 11) is -6.79. The zero-order chi connectivity index (χ0) is 93.1. The van der Waals surface area contributed by atoms with Crippen LogP contribution in [0.25, 0.3) is 89.8 Å². The van der Waals surface area contributed by atoms with Crippen molar-refractivity contribution in [3.8, 4) is 74.3 Å². The number of pyridine rings is 5. The molecule has 7 saturated heterocycles. The van der Waals surface area contributed by atoms with Crippen molar-refractivity contribution in [3.05, 3.63) is 147 Å². The summed E-state index contributed by atoms with van der Waals surface area (Å²) in [6.45, 7) is 32.7. The van der Waals surface area contributed by atoms with Crippen LogP contribution in [-0.4, -0.2) is 261 Å². The number of aliphatic hydroxyl groups is 3. The highest BCUT2D eigenvalue weighted by Crippen LogP contribution is 2.42. The van der Waals surface area contributed by atoms with E-state index < -0.39 is 131 Å². The number of benzene rings is 3. The van der Waals surface area contributed by atoms with Gasteiger partial charge < -0.3 is 81.5 Å². The molecule has 7 aliphatic rings. The Kier molecular flexibility index (Phi) is 29.0. The van der Waals surface area contributed by atoms with E-state index in [0.717, 1.165) is 34.7 Å². The van der Waals surface area contributed by atoms with Gasteiger partial charge in [-0.3, -0.25) is 23.7 Å². The molecule has 0 bridgehead atoms. The van der Waals surface area contributed by atoms with E-state index in [4.69, 9.17) is 131 Å². The van der Waals surface area contributed by atoms with Crippen LogP contribution in [0.4, 0.5) is 14.5 Å². The third-order valence-corrected chi connectivity index (χ3v) is 30.9. The second-order valence-electron chi connectivity index (χ2n) is 38.6. The van der Waals surface area contributed by atoms with Crippen LogP contribution in [0.15, 0.2) is 124 Å². The fraction of sp³-hybridized carbons (Fsp3) is 0.489. The van der Waals surface area contributed by atoms with Crippen molar-refractivity contribution >= 4 is 136 Å². The van der Waals surface area contributed by atoms with Gasteiger partial charge in [0.2, 0.25) is 0 Å². The largest absolute Gasteiger partial charge is 0.494 e. The first kappa shape index (κ1) is 96.6. The van der Waals surface area contributed by atoms with Gasteiger partial charge in [-0.15, -0.1) is 0 Å². The molecule has 0 unspecified atom stereocenters. The lowest BCUT2D eigenvalue weighted by molar-refractivity contribution is 0.00332. The summed E-state index contributed by atoms with van der Waals surface area (Å²) < 4.78 is 136. The number of imidazole rings is 3. The molecule has 3 aromatic carbocycles. The Morgan fingerprint density at radius 2 is 0.763 bits per heavy atom. The van der Waals surface area contributed by atoms with E-state index in [-0.39, 0.29) is 82.4 Å². The number of aliphatic hydroxyl groups excluding tert-OH is 3. The van der Waals surface area contributed by atoms with Gasteiger partial charge in [0.25, 0.3) is 0 Å². The molecule has 131 heavy (non-hydrogen) atoms. The molecular weight excluding hydrogens is 1890 g/mol. The van der Waals surface area contributed by atoms with Crippen LogP contribution in [0, 0.1) is 11.6 Å². The Bertz CT molecular complexity index is 6090. The summed E-state index contributed by atoms with van der Waals surface area (Å²) in [4.78, 5) is 37.3. The average Bonchev–Trinajstić information content (AvgIpc) is 1.64. The van der Waals surface area contributed by atoms with Gasteiger partial charge >= 0.3 is 25.1 Å². The predicted octanol–water partition coefficient (Wildman–Crippen LogP) is 15.7. The Hall–Kier alpha value is -7.46. The molecule has 8 aromatic heterocycles. The van der Waals surface area contributed by atoms with Crippen LogP contribution in [-0.2, 0) is 81.9 Å². The first-order valence-electron chi connectivity index (χ1n) is 43.5. The maximum atomic E-state index is 14.9. The Balaban J connectivity index is 0.000000144. The first-order chi connectivity index (χ1) is 62.0. The molecule has 30 nitrogen and oxygen atoms in total. The Morgan fingerprint density at radius 3 is 1.08 bits per heavy atom. The topological polar surface area (TPSA) is 337 Å². The van der Waals surface area contributed by atoms with Gasteiger partial charge in [-0.25, -0.2) is 27.9 Å². The molecule has 3 N–H and O–H groups in total. The first-order valence-corrected chi connectivity index (χ1v) is 58.9. The van der Waals surface area contributed by atoms with Crippen molar-refractivity contribution in [1.82, 2.24) is 53.6 Å². The second kappa shape index (κ2) is 39.3. The summed E-state index contributed by atoms with van der Waals surface area (Å²) in [6, 6.07) is 34.1. The average molecular weight is 2000 g/mol. The molecule has 0 amide bonds. The summed E-state index contributed by atoms with van der Waals surface area (Å²) in [5.41, 5.74) is 9.18. The number of hydrogen-bond donors (Lipinski definition) is 3. The van der Waals surface area contributed by atoms with Crippen LogP contribution in [0.5, 0.6) is 18.0 Å². The number of ether oxygens (including phenoxy) is 12. The smallest absolute Gasteiger partial charge is 0.456 e. The molecule has 15 heterocycles. The molecule has 18 rings (SSSR count). The van der Waals surface area contributed by atoms with Crippen LogP contribution >= 0.6 is 50.7 Å². The normalized spacial score (nSPS) is 23.3. The van der Waals surface area contributed by atoms with Crippen LogP contribution in [0.3, 0.4) is 0 Å². The minimum absolute atomic E-state index is 0.144. The number of aromatic nitrogens is 11. The third-order valence-electron chi connectivity index (χ3n) is 23.8. The SMILES string of the molecule is CC1(C)OB(c2ccc(-c3nc4c(cc3Cl)nc(O[C@@H]3CO[C@H]5[C@@H]3OC[C@H]5O)n4COCC[Si](C)(C)C)cc2)OC1(C)C.C[Si](C)(C)CCOCn1c(O[C@@H]2CO[C@H]3[C@@H]2OC[C@H]3O)nc2cc(Cl)c(-c3ccc(-c4ncc(Br)cc4F)cc3)nc21.C[Si](C)(C)CCOCn1c(O[C@@H]2CO[C@H]3[C@@H]2OC[C@H]3O)nc2cc(Cl)c(-c3ccc(-c4ncc(N=S(C)(C)=O)cc4F)cc3)nc21. The van der Waals surface area contributed by atoms with Crippen LogP contribution in [0.1, 0.15) is 27.7 Å². The summed E-state index contributed by atoms with van der Waals surface area (Å²) >= 11 is 23.5. The minimum atomic E-state index is -2.45. The fourth-order valence-corrected chi connectivity index (χ4v) is 19.7. The van der Waals surface area contributed by atoms with Crippen molar-refractivity contribution in [1.29, 1.82) is 0 Å². The zero-order valence-corrected chi connectivity index (χ0v) is 83.3. The number of fused-ring (bicyclic) bond motifs is 6. The van der Waals surface area contributed by atoms with Gasteiger partial charge in [0, 0.05) is 111 Å². The van der Waals surface area contributed by atoms with Crippen molar-refractivity contribution in [2.45, 2.75) is 209 Å². The summed E-state index contributed by atoms with van der Waals surface area (Å²) in [5, 5.41) is 31.7. The van der Waals surface area contributed by atoms with E-state index in [1.165, 1.54) is 30.8 Å². The zero-order valence-electron chi connectivity index (χ0n) is 75.6. The van der Waals surface area contributed by atoms with E-state index in [1.54, 1.807) is 69.9 Å². The molecule has 7 fully saturated rings. The van der Waals surface area contributed by atoms with E-state index >= 15 is 0 Å². The molecular formula is C90H109BBrCl3F2N12O18SSi3. The van der Waals surface area contributed by atoms with Crippen molar-refractivity contribution in [2.24, 2.45) is 4.36 Å². The highest BCUT2D eigenvalue weighted by atomic mass is 79.9. The lowest BCUT2D eigenvalue weighted by Crippen LogP contribution is -2.41. The summed E-state index contributed by atoms with van der Waals surface area (Å²) in [6.07, 6.45) is 0.0900. The number of halogens is 6. The highest BCUT2D eigenvalue weighted by molar-refractivity contribution is 9.10. The summed E-state index contributed by atoms with van der Waals surface area (Å²) in [5.74, 6) is -0.992. The second-order valence-corrected chi connectivity index (χ2v) is 60.1. The number of rotatable bonds is 28. The number of nitrogens with zero attached hydrogens (tertiary/aromatic N) is 12. The molecule has 11 aromatic rings. The minimum Gasteiger partial charge on any atom is -0.456 e. The van der Waals surface area contributed by atoms with Crippen molar-refractivity contribution in [3.63, 3.8) is 0 Å². The molecule has 7 aliphatic heterocycles. The Labute approximate surface area is 785 Å². The monoisotopic (exact) mass is 1990 g/mol. The highest BCUT2D eigenvalue weighted by Gasteiger charge is 2.54. The van der Waals surface area contributed by atoms with E-state index in [9.17, 15) is 28.3 Å². The van der Waals surface area contributed by atoms with Gasteiger partial charge in [0.15, 0.2) is 46.9 Å². The maximum absolute atomic E-state index is 14.9. The van der Waals surface area contributed by atoms with Gasteiger partial charge in [0.1, 0.15) is 103 Å². The molecule has 0 saturated carbocycles. The van der Waals surface area contributed by atoms with Gasteiger partial charge in [-0.2, -0.15) is 19.3 Å². The lowest BCUT2D eigenvalue weighted by Gasteiger charge is -2.32. The van der Waals surface area contributed by atoms with Gasteiger partial charge in [0.05, 0.1) is 94.9 Å². The predicted molar refractivity (Wildman–Crippen MR) is 508 cm³/mol. The van der Waals surface area contributed by atoms with E-state index in [0.29, 0.717) is 125 Å². The molecule has 0 spiro atoms. The maximum Gasteiger partial charge on any atom is 0.494 e. The Morgan fingerprint density at radius 1 is 0.458 bits per heavy atom. The molecule has 0 radical (unpaired) electrons. The van der Waals surface area contributed by atoms with Gasteiger partial charge in [-0.1, -0.05) is 167 Å². The quantitative estimate of drug-likeness (QED) is 0.0303. The standard InChI is InChI=1S/C31H37ClFN5O6SSi.C30H41BClN3O7Si.C29H31BrClFN4O5Si/c1-45(2,40)37-20-12-22(33)27(34-14-20)19-8-6-18(7-9-19)26-21(32)13-23-30(36-26)38(17-41-10-11-46(3,4)5)31(35-23)44-25-16-43-28-24(39)15-42-29(25)28;1-29(2)30(3,4)42-31(41-29)19-10-8-18(9-11-19)24-20(32)14-21-27(34-24)35(17-37-12-13-43(5,6)7)28(33-21)40-23-16-39-25-22(36)15-38-26(23)25;1-42(2,3)9-8-38-15-36-28-21(34-29(36)41-23-14-40-26-22(37)13-39-27(23)26)11-19(31)24(35-28)16-4-6-17(7-5-16)25-20(32)10-18(30)12-33-25/h6-9,12-14,24-25,28-29,39H,10-11,15-17H2,1-5H3;8-11,14,22-23,25-26,36H,12-13,15-17H2,1-7H3;4-7,10-12,22-23,26-27,37H,8-9,13-15H2,1-3H3/t24-,25-,28-,29-;22-,23-,25-,26-;22-,23-,26-,27-/m111/s1. The molecule has 41 heteroatoms. The van der Waals surface area contributed by atoms with E-state index in [1.807, 2.05) is 68.7 Å². The van der Waals surface area contributed by atoms with Crippen LogP contribution < -0.4 is 19.7 Å². The molecule has 12 atom stereocenters. The lowest BCUT2D eigenvalue weighted by atomic mass is 9.79. The fourth-order valence-electron chi connectivity index (χ4n) is 15.8. The molecule has 700 valence electrons. The van der Waals surface area contributed by atoms with Crippen molar-refractivity contribution < 1.29 is 94.5 Å². The van der Waals surface area contributed by atoms with Gasteiger partial charge in [-0.05, 0) is 91.5 Å². The van der Waals surface area contributed by atoms with E-state index in [2.05, 4.69) is 89.2 Å². The molecule has 0 aliphatic carbocycles.